The van der Waals surface area contributed by atoms with Crippen molar-refractivity contribution >= 4 is 0 Å². The predicted molar refractivity (Wildman–Crippen MR) is 40.0 cm³/mol. The number of hydrogen-bond acceptors (Lipinski definition) is 1. The zero-order valence-electron chi connectivity index (χ0n) is 6.48. The first-order valence-corrected chi connectivity index (χ1v) is 3.90. The van der Waals surface area contributed by atoms with Gasteiger partial charge in [0, 0.05) is 6.04 Å². The smallest absolute Gasteiger partial charge is 0.0389 e. The normalized spacial score (nSPS) is 21.7. The van der Waals surface area contributed by atoms with Crippen molar-refractivity contribution in [3.63, 3.8) is 0 Å². The van der Waals surface area contributed by atoms with Crippen molar-refractivity contribution in [1.29, 1.82) is 0 Å². The average molecular weight is 126 g/mol. The second kappa shape index (κ2) is 3.21. The number of hydrogen-bond donors (Lipinski definition) is 0. The fourth-order valence-corrected chi connectivity index (χ4v) is 1.39. The van der Waals surface area contributed by atoms with Crippen LogP contribution in [0.15, 0.2) is 0 Å². The van der Waals surface area contributed by atoms with Crippen molar-refractivity contribution in [3.8, 4) is 0 Å². The third-order valence-corrected chi connectivity index (χ3v) is 2.19. The van der Waals surface area contributed by atoms with Gasteiger partial charge >= 0.3 is 0 Å². The molecule has 0 spiro atoms. The van der Waals surface area contributed by atoms with E-state index in [1.807, 2.05) is 0 Å². The van der Waals surface area contributed by atoms with Gasteiger partial charge < -0.3 is 0 Å². The minimum absolute atomic E-state index is 1.18. The Morgan fingerprint density at radius 1 is 1.33 bits per heavy atom. The van der Waals surface area contributed by atoms with E-state index in [1.165, 1.54) is 32.2 Å². The Balaban J connectivity index is 2.24. The molecule has 53 valence electrons. The van der Waals surface area contributed by atoms with Crippen LogP contribution >= 0.6 is 0 Å². The summed E-state index contributed by atoms with van der Waals surface area (Å²) in [6.07, 6.45) is 5.54. The summed E-state index contributed by atoms with van der Waals surface area (Å²) in [6, 6.07) is 1.66. The molecule has 0 amide bonds. The molecule has 9 heavy (non-hydrogen) atoms. The molecule has 0 bridgehead atoms. The van der Waals surface area contributed by atoms with Crippen LogP contribution in [0.2, 0.25) is 0 Å². The Labute approximate surface area is 58.0 Å². The summed E-state index contributed by atoms with van der Waals surface area (Å²) in [5, 5.41) is 0. The number of nitrogens with zero attached hydrogens (tertiary/aromatic N) is 1. The van der Waals surface area contributed by atoms with Gasteiger partial charge in [0.2, 0.25) is 0 Å². The fraction of sp³-hybridized carbons (Fsp3) is 0.875. The molecule has 0 aromatic carbocycles. The van der Waals surface area contributed by atoms with E-state index in [-0.39, 0.29) is 0 Å². The molecule has 1 nitrogen and oxygen atoms in total. The van der Waals surface area contributed by atoms with Gasteiger partial charge in [0.05, 0.1) is 0 Å². The molecule has 1 heteroatoms. The highest BCUT2D eigenvalue weighted by atomic mass is 15.1. The highest BCUT2D eigenvalue weighted by Gasteiger charge is 2.18. The van der Waals surface area contributed by atoms with E-state index in [2.05, 4.69) is 18.9 Å². The van der Waals surface area contributed by atoms with Crippen LogP contribution in [-0.4, -0.2) is 18.5 Å². The lowest BCUT2D eigenvalue weighted by Crippen LogP contribution is -2.21. The van der Waals surface area contributed by atoms with E-state index in [0.29, 0.717) is 0 Å². The summed E-state index contributed by atoms with van der Waals surface area (Å²) >= 11 is 0. The zero-order valence-corrected chi connectivity index (χ0v) is 6.48. The maximum Gasteiger partial charge on any atom is 0.0389 e. The molecule has 0 atom stereocenters. The van der Waals surface area contributed by atoms with E-state index in [4.69, 9.17) is 0 Å². The Morgan fingerprint density at radius 2 is 1.89 bits per heavy atom. The van der Waals surface area contributed by atoms with Gasteiger partial charge in [0.15, 0.2) is 0 Å². The Kier molecular flexibility index (Phi) is 2.52. The summed E-state index contributed by atoms with van der Waals surface area (Å²) in [6.45, 7) is 3.39. The van der Waals surface area contributed by atoms with Crippen LogP contribution in [0.3, 0.4) is 0 Å². The van der Waals surface area contributed by atoms with Gasteiger partial charge in [0.25, 0.3) is 0 Å². The molecule has 0 aromatic rings. The van der Waals surface area contributed by atoms with Crippen molar-refractivity contribution in [2.24, 2.45) is 0 Å². The average Bonchev–Trinajstić information content (AvgIpc) is 2.37. The topological polar surface area (TPSA) is 3.24 Å². The monoisotopic (exact) mass is 126 g/mol. The van der Waals surface area contributed by atoms with Crippen LogP contribution in [-0.2, 0) is 0 Å². The first kappa shape index (κ1) is 7.07. The molecule has 0 unspecified atom stereocenters. The quantitative estimate of drug-likeness (QED) is 0.547. The van der Waals surface area contributed by atoms with Crippen molar-refractivity contribution in [2.75, 3.05) is 13.6 Å². The molecule has 0 heterocycles. The largest absolute Gasteiger partial charge is 0.299 e. The molecular weight excluding hydrogens is 110 g/mol. The SMILES string of the molecule is CCN(C)[C]1CCCC1. The van der Waals surface area contributed by atoms with Gasteiger partial charge in [-0.2, -0.15) is 0 Å². The van der Waals surface area contributed by atoms with E-state index in [9.17, 15) is 0 Å². The van der Waals surface area contributed by atoms with Gasteiger partial charge in [-0.25, -0.2) is 0 Å². The maximum atomic E-state index is 2.38. The summed E-state index contributed by atoms with van der Waals surface area (Å²) in [7, 11) is 2.20. The molecule has 1 saturated carbocycles. The van der Waals surface area contributed by atoms with E-state index in [0.717, 1.165) is 0 Å². The van der Waals surface area contributed by atoms with Gasteiger partial charge in [0.1, 0.15) is 0 Å². The minimum atomic E-state index is 1.18. The molecular formula is C8H16N. The van der Waals surface area contributed by atoms with Crippen LogP contribution in [0, 0.1) is 6.04 Å². The molecule has 0 N–H and O–H groups in total. The van der Waals surface area contributed by atoms with Crippen LogP contribution in [0.5, 0.6) is 0 Å². The molecule has 1 rings (SSSR count). The van der Waals surface area contributed by atoms with Gasteiger partial charge in [-0.1, -0.05) is 19.8 Å². The fourth-order valence-electron chi connectivity index (χ4n) is 1.39. The Bertz CT molecular complexity index is 74.6. The van der Waals surface area contributed by atoms with Crippen molar-refractivity contribution < 1.29 is 0 Å². The summed E-state index contributed by atoms with van der Waals surface area (Å²) in [4.78, 5) is 2.38. The molecule has 1 radical (unpaired) electrons. The van der Waals surface area contributed by atoms with Gasteiger partial charge in [-0.3, -0.25) is 4.90 Å². The lowest BCUT2D eigenvalue weighted by atomic mass is 10.2. The standard InChI is InChI=1S/C8H16N/c1-3-9(2)8-6-4-5-7-8/h3-7H2,1-2H3. The molecule has 0 saturated heterocycles. The molecule has 1 aliphatic rings. The van der Waals surface area contributed by atoms with Crippen molar-refractivity contribution in [1.82, 2.24) is 4.90 Å². The predicted octanol–water partition coefficient (Wildman–Crippen LogP) is 2.04. The van der Waals surface area contributed by atoms with Crippen LogP contribution in [0.25, 0.3) is 0 Å². The Morgan fingerprint density at radius 3 is 2.33 bits per heavy atom. The van der Waals surface area contributed by atoms with Crippen LogP contribution in [0.1, 0.15) is 32.6 Å². The summed E-state index contributed by atoms with van der Waals surface area (Å²) in [5.74, 6) is 0. The first-order chi connectivity index (χ1) is 4.34. The molecule has 0 aromatic heterocycles. The van der Waals surface area contributed by atoms with Gasteiger partial charge in [-0.15, -0.1) is 0 Å². The van der Waals surface area contributed by atoms with E-state index in [1.54, 1.807) is 6.04 Å². The lowest BCUT2D eigenvalue weighted by Gasteiger charge is -2.20. The highest BCUT2D eigenvalue weighted by Crippen LogP contribution is 2.28. The van der Waals surface area contributed by atoms with Gasteiger partial charge in [-0.05, 0) is 26.4 Å². The third-order valence-electron chi connectivity index (χ3n) is 2.19. The van der Waals surface area contributed by atoms with Crippen molar-refractivity contribution in [3.05, 3.63) is 6.04 Å². The molecule has 1 aliphatic carbocycles. The molecule has 1 fully saturated rings. The second-order valence-corrected chi connectivity index (χ2v) is 2.79. The summed E-state index contributed by atoms with van der Waals surface area (Å²) < 4.78 is 0. The van der Waals surface area contributed by atoms with E-state index >= 15 is 0 Å². The summed E-state index contributed by atoms with van der Waals surface area (Å²) in [5.41, 5.74) is 0. The Hall–Kier alpha value is -0.0400. The second-order valence-electron chi connectivity index (χ2n) is 2.79. The lowest BCUT2D eigenvalue weighted by molar-refractivity contribution is 0.352. The third kappa shape index (κ3) is 1.68. The van der Waals surface area contributed by atoms with E-state index < -0.39 is 0 Å². The zero-order chi connectivity index (χ0) is 6.69. The first-order valence-electron chi connectivity index (χ1n) is 3.90. The van der Waals surface area contributed by atoms with Crippen LogP contribution in [0.4, 0.5) is 0 Å². The number of rotatable bonds is 2. The highest BCUT2D eigenvalue weighted by molar-refractivity contribution is 4.92. The van der Waals surface area contributed by atoms with Crippen LogP contribution < -0.4 is 0 Å². The molecule has 0 aliphatic heterocycles. The maximum absolute atomic E-state index is 2.38. The minimum Gasteiger partial charge on any atom is -0.299 e. The van der Waals surface area contributed by atoms with Crippen molar-refractivity contribution in [2.45, 2.75) is 32.6 Å².